The predicted molar refractivity (Wildman–Crippen MR) is 90.6 cm³/mol. The fourth-order valence-corrected chi connectivity index (χ4v) is 3.54. The van der Waals surface area contributed by atoms with E-state index in [9.17, 15) is 0 Å². The molecule has 23 heavy (non-hydrogen) atoms. The number of methoxy groups -OCH3 is 1. The monoisotopic (exact) mass is 319 g/mol. The molecule has 0 amide bonds. The molecule has 1 aromatic heterocycles. The number of nitrogens with zero attached hydrogens (tertiary/aromatic N) is 2. The Morgan fingerprint density at radius 3 is 2.83 bits per heavy atom. The summed E-state index contributed by atoms with van der Waals surface area (Å²) in [5, 5.41) is 3.42. The van der Waals surface area contributed by atoms with Crippen LogP contribution in [-0.2, 0) is 11.3 Å². The first-order valence-electron chi connectivity index (χ1n) is 8.87. The quantitative estimate of drug-likeness (QED) is 0.870. The molecular weight excluding hydrogens is 290 g/mol. The molecule has 0 saturated carbocycles. The number of likely N-dealkylation sites (tertiary alicyclic amines) is 1. The van der Waals surface area contributed by atoms with E-state index in [1.807, 2.05) is 12.3 Å². The van der Waals surface area contributed by atoms with E-state index in [2.05, 4.69) is 21.3 Å². The van der Waals surface area contributed by atoms with Gasteiger partial charge in [-0.25, -0.2) is 4.98 Å². The van der Waals surface area contributed by atoms with E-state index in [0.29, 0.717) is 12.0 Å². The molecule has 0 aliphatic carbocycles. The minimum atomic E-state index is 0.437. The fraction of sp³-hybridized carbons (Fsp3) is 0.722. The van der Waals surface area contributed by atoms with Gasteiger partial charge in [-0.1, -0.05) is 6.07 Å². The summed E-state index contributed by atoms with van der Waals surface area (Å²) >= 11 is 0. The maximum Gasteiger partial charge on any atom is 0.212 e. The molecule has 0 bridgehead atoms. The van der Waals surface area contributed by atoms with Gasteiger partial charge in [0.05, 0.1) is 19.8 Å². The van der Waals surface area contributed by atoms with E-state index in [-0.39, 0.29) is 0 Å². The van der Waals surface area contributed by atoms with Crippen LogP contribution in [0.15, 0.2) is 18.3 Å². The van der Waals surface area contributed by atoms with Crippen LogP contribution in [-0.4, -0.2) is 55.9 Å². The molecule has 3 rings (SSSR count). The normalized spacial score (nSPS) is 23.8. The lowest BCUT2D eigenvalue weighted by Crippen LogP contribution is -2.39. The first-order valence-corrected chi connectivity index (χ1v) is 8.87. The topological polar surface area (TPSA) is 46.6 Å². The molecule has 1 N–H and O–H groups in total. The molecule has 5 heteroatoms. The van der Waals surface area contributed by atoms with Gasteiger partial charge in [-0.05, 0) is 50.3 Å². The summed E-state index contributed by atoms with van der Waals surface area (Å²) in [6.45, 7) is 6.30. The predicted octanol–water partition coefficient (Wildman–Crippen LogP) is 2.07. The van der Waals surface area contributed by atoms with Crippen molar-refractivity contribution >= 4 is 0 Å². The van der Waals surface area contributed by atoms with Crippen molar-refractivity contribution in [1.29, 1.82) is 0 Å². The van der Waals surface area contributed by atoms with Gasteiger partial charge in [0.25, 0.3) is 0 Å². The lowest BCUT2D eigenvalue weighted by atomic mass is 9.90. The third kappa shape index (κ3) is 5.16. The number of nitrogens with one attached hydrogen (secondary N) is 1. The minimum absolute atomic E-state index is 0.437. The van der Waals surface area contributed by atoms with Crippen molar-refractivity contribution in [3.8, 4) is 5.88 Å². The Hall–Kier alpha value is -1.17. The van der Waals surface area contributed by atoms with Gasteiger partial charge in [-0.2, -0.15) is 0 Å². The van der Waals surface area contributed by atoms with Crippen LogP contribution in [0.4, 0.5) is 0 Å². The molecule has 128 valence electrons. The molecule has 1 aromatic rings. The van der Waals surface area contributed by atoms with Gasteiger partial charge in [-0.15, -0.1) is 0 Å². The number of rotatable bonds is 6. The van der Waals surface area contributed by atoms with E-state index in [4.69, 9.17) is 9.47 Å². The molecule has 0 spiro atoms. The first-order chi connectivity index (χ1) is 11.3. The summed E-state index contributed by atoms with van der Waals surface area (Å²) in [5.41, 5.74) is 1.27. The Kier molecular flexibility index (Phi) is 6.25. The Bertz CT molecular complexity index is 452. The average molecular weight is 319 g/mol. The second-order valence-electron chi connectivity index (χ2n) is 6.70. The number of hydrogen-bond acceptors (Lipinski definition) is 5. The number of hydrogen-bond donors (Lipinski definition) is 1. The summed E-state index contributed by atoms with van der Waals surface area (Å²) in [7, 11) is 1.65. The van der Waals surface area contributed by atoms with Crippen molar-refractivity contribution in [3.05, 3.63) is 23.9 Å². The summed E-state index contributed by atoms with van der Waals surface area (Å²) < 4.78 is 10.9. The maximum atomic E-state index is 5.80. The number of piperidine rings is 1. The van der Waals surface area contributed by atoms with Gasteiger partial charge in [0.2, 0.25) is 5.88 Å². The molecule has 2 aliphatic rings. The van der Waals surface area contributed by atoms with Gasteiger partial charge in [0, 0.05) is 31.9 Å². The van der Waals surface area contributed by atoms with Gasteiger partial charge < -0.3 is 14.8 Å². The zero-order valence-corrected chi connectivity index (χ0v) is 14.2. The second kappa shape index (κ2) is 8.62. The van der Waals surface area contributed by atoms with Crippen LogP contribution < -0.4 is 10.1 Å². The summed E-state index contributed by atoms with van der Waals surface area (Å²) in [6.07, 6.45) is 7.50. The van der Waals surface area contributed by atoms with Crippen LogP contribution in [0.25, 0.3) is 0 Å². The third-order valence-electron chi connectivity index (χ3n) is 5.02. The van der Waals surface area contributed by atoms with E-state index in [1.165, 1.54) is 44.3 Å². The molecule has 2 aliphatic heterocycles. The highest BCUT2D eigenvalue weighted by atomic mass is 16.5. The van der Waals surface area contributed by atoms with Crippen molar-refractivity contribution < 1.29 is 9.47 Å². The number of morpholine rings is 1. The standard InChI is InChI=1S/C18H29N3O2/c1-22-18-5-3-16(12-20-18)14-21-9-6-15(7-10-21)2-4-17-13-19-8-11-23-17/h3,5,12,15,17,19H,2,4,6-11,13-14H2,1H3. The fourth-order valence-electron chi connectivity index (χ4n) is 3.54. The zero-order chi connectivity index (χ0) is 15.9. The third-order valence-corrected chi connectivity index (χ3v) is 5.02. The van der Waals surface area contributed by atoms with Crippen LogP contribution in [0.1, 0.15) is 31.2 Å². The average Bonchev–Trinajstić information content (AvgIpc) is 2.63. The molecule has 1 atom stereocenters. The largest absolute Gasteiger partial charge is 0.481 e. The molecule has 5 nitrogen and oxygen atoms in total. The van der Waals surface area contributed by atoms with Crippen LogP contribution >= 0.6 is 0 Å². The highest BCUT2D eigenvalue weighted by Crippen LogP contribution is 2.24. The second-order valence-corrected chi connectivity index (χ2v) is 6.70. The highest BCUT2D eigenvalue weighted by Gasteiger charge is 2.21. The number of aromatic nitrogens is 1. The van der Waals surface area contributed by atoms with Gasteiger partial charge in [-0.3, -0.25) is 4.90 Å². The van der Waals surface area contributed by atoms with Gasteiger partial charge in [0.15, 0.2) is 0 Å². The van der Waals surface area contributed by atoms with Crippen molar-refractivity contribution in [2.75, 3.05) is 39.9 Å². The number of pyridine rings is 1. The van der Waals surface area contributed by atoms with E-state index >= 15 is 0 Å². The van der Waals surface area contributed by atoms with Gasteiger partial charge in [0.1, 0.15) is 0 Å². The van der Waals surface area contributed by atoms with Crippen LogP contribution in [0.3, 0.4) is 0 Å². The summed E-state index contributed by atoms with van der Waals surface area (Å²) in [4.78, 5) is 6.83. The van der Waals surface area contributed by atoms with Crippen LogP contribution in [0.2, 0.25) is 0 Å². The van der Waals surface area contributed by atoms with E-state index in [0.717, 1.165) is 32.2 Å². The summed E-state index contributed by atoms with van der Waals surface area (Å²) in [6, 6.07) is 4.06. The van der Waals surface area contributed by atoms with Gasteiger partial charge >= 0.3 is 0 Å². The van der Waals surface area contributed by atoms with E-state index < -0.39 is 0 Å². The Morgan fingerprint density at radius 2 is 2.17 bits per heavy atom. The molecule has 0 aromatic carbocycles. The smallest absolute Gasteiger partial charge is 0.212 e. The lowest BCUT2D eigenvalue weighted by Gasteiger charge is -2.33. The molecular formula is C18H29N3O2. The minimum Gasteiger partial charge on any atom is -0.481 e. The molecule has 2 saturated heterocycles. The first kappa shape index (κ1) is 16.7. The van der Waals surface area contributed by atoms with Crippen LogP contribution in [0.5, 0.6) is 5.88 Å². The summed E-state index contributed by atoms with van der Waals surface area (Å²) in [5.74, 6) is 1.55. The Balaban J connectivity index is 1.36. The van der Waals surface area contributed by atoms with Crippen molar-refractivity contribution in [1.82, 2.24) is 15.2 Å². The highest BCUT2D eigenvalue weighted by molar-refractivity contribution is 5.17. The lowest BCUT2D eigenvalue weighted by molar-refractivity contribution is 0.0175. The van der Waals surface area contributed by atoms with E-state index in [1.54, 1.807) is 7.11 Å². The molecule has 3 heterocycles. The maximum absolute atomic E-state index is 5.80. The SMILES string of the molecule is COc1ccc(CN2CCC(CCC3CNCCO3)CC2)cn1. The number of ether oxygens (including phenoxy) is 2. The van der Waals surface area contributed by atoms with Crippen LogP contribution in [0, 0.1) is 5.92 Å². The molecule has 1 unspecified atom stereocenters. The zero-order valence-electron chi connectivity index (χ0n) is 14.2. The molecule has 2 fully saturated rings. The van der Waals surface area contributed by atoms with Crippen molar-refractivity contribution in [2.24, 2.45) is 5.92 Å². The Labute approximate surface area is 139 Å². The molecule has 0 radical (unpaired) electrons. The Morgan fingerprint density at radius 1 is 1.30 bits per heavy atom. The van der Waals surface area contributed by atoms with Crippen molar-refractivity contribution in [2.45, 2.75) is 38.3 Å². The van der Waals surface area contributed by atoms with Crippen molar-refractivity contribution in [3.63, 3.8) is 0 Å².